The third-order valence-corrected chi connectivity index (χ3v) is 8.19. The van der Waals surface area contributed by atoms with E-state index in [2.05, 4.69) is 178 Å². The van der Waals surface area contributed by atoms with Crippen molar-refractivity contribution in [2.75, 3.05) is 9.80 Å². The summed E-state index contributed by atoms with van der Waals surface area (Å²) in [6.07, 6.45) is 1.97. The molecule has 2 aromatic heterocycles. The average Bonchev–Trinajstić information content (AvgIpc) is 3.45. The molecule has 0 aliphatic carbocycles. The molecule has 0 amide bonds. The van der Waals surface area contributed by atoms with Crippen LogP contribution in [0.3, 0.4) is 0 Å². The minimum Gasteiger partial charge on any atom is -0.309 e. The first kappa shape index (κ1) is 26.5. The highest BCUT2D eigenvalue weighted by atomic mass is 15.2. The van der Waals surface area contributed by atoms with Gasteiger partial charge in [-0.05, 0) is 84.9 Å². The van der Waals surface area contributed by atoms with Crippen LogP contribution in [-0.4, -0.2) is 9.55 Å². The van der Waals surface area contributed by atoms with Gasteiger partial charge in [-0.1, -0.05) is 91.0 Å². The lowest BCUT2D eigenvalue weighted by Crippen LogP contribution is -2.13. The Morgan fingerprint density at radius 2 is 0.889 bits per heavy atom. The first-order valence-corrected chi connectivity index (χ1v) is 15.2. The molecule has 0 radical (unpaired) electrons. The van der Waals surface area contributed by atoms with Crippen molar-refractivity contribution in [2.24, 2.45) is 0 Å². The van der Waals surface area contributed by atoms with E-state index in [0.29, 0.717) is 0 Å². The minimum absolute atomic E-state index is 0.852. The summed E-state index contributed by atoms with van der Waals surface area (Å²) in [7, 11) is 0. The lowest BCUT2D eigenvalue weighted by atomic mass is 10.1. The molecule has 0 aliphatic rings. The Morgan fingerprint density at radius 1 is 0.378 bits per heavy atom. The number of pyridine rings is 1. The highest BCUT2D eigenvalue weighted by Crippen LogP contribution is 2.40. The van der Waals surface area contributed by atoms with Crippen LogP contribution < -0.4 is 9.80 Å². The van der Waals surface area contributed by atoms with Gasteiger partial charge in [-0.3, -0.25) is 4.90 Å². The number of benzene rings is 6. The van der Waals surface area contributed by atoms with Crippen LogP contribution >= 0.6 is 0 Å². The number of anilines is 6. The zero-order chi connectivity index (χ0) is 30.0. The smallest absolute Gasteiger partial charge is 0.137 e. The summed E-state index contributed by atoms with van der Waals surface area (Å²) in [5, 5.41) is 2.43. The maximum absolute atomic E-state index is 5.04. The van der Waals surface area contributed by atoms with E-state index in [1.54, 1.807) is 0 Å². The second-order valence-corrected chi connectivity index (χ2v) is 10.9. The van der Waals surface area contributed by atoms with Crippen LogP contribution in [0.15, 0.2) is 182 Å². The maximum atomic E-state index is 5.04. The Hall–Kier alpha value is -6.13. The summed E-state index contributed by atoms with van der Waals surface area (Å²) >= 11 is 0. The molecule has 0 fully saturated rings. The van der Waals surface area contributed by atoms with Crippen molar-refractivity contribution in [1.29, 1.82) is 0 Å². The van der Waals surface area contributed by atoms with Gasteiger partial charge in [0.15, 0.2) is 0 Å². The molecule has 4 heteroatoms. The molecule has 0 saturated carbocycles. The third-order valence-electron chi connectivity index (χ3n) is 8.19. The van der Waals surface area contributed by atoms with E-state index in [1.807, 2.05) is 18.3 Å². The van der Waals surface area contributed by atoms with Crippen molar-refractivity contribution in [3.8, 4) is 5.69 Å². The zero-order valence-electron chi connectivity index (χ0n) is 24.6. The van der Waals surface area contributed by atoms with Crippen LogP contribution in [0.4, 0.5) is 34.3 Å². The fraction of sp³-hybridized carbons (Fsp3) is 0. The third kappa shape index (κ3) is 4.89. The SMILES string of the molecule is c1ccc(N(c2ccc(N(c3ccccc3)c3ccccc3)nc2)c2ccc3c(c2)c2ccccc2n3-c2ccccc2)cc1. The molecule has 0 unspecified atom stereocenters. The molecule has 0 atom stereocenters. The summed E-state index contributed by atoms with van der Waals surface area (Å²) in [5.41, 5.74) is 8.76. The summed E-state index contributed by atoms with van der Waals surface area (Å²) < 4.78 is 2.35. The summed E-state index contributed by atoms with van der Waals surface area (Å²) in [4.78, 5) is 9.50. The molecule has 0 saturated heterocycles. The summed E-state index contributed by atoms with van der Waals surface area (Å²) in [6, 6.07) is 61.5. The van der Waals surface area contributed by atoms with Crippen molar-refractivity contribution < 1.29 is 0 Å². The average molecular weight is 579 g/mol. The molecule has 0 bridgehead atoms. The number of aromatic nitrogens is 2. The summed E-state index contributed by atoms with van der Waals surface area (Å²) in [6.45, 7) is 0. The predicted octanol–water partition coefficient (Wildman–Crippen LogP) is 11.1. The van der Waals surface area contributed by atoms with Crippen LogP contribution in [0, 0.1) is 0 Å². The van der Waals surface area contributed by atoms with Crippen molar-refractivity contribution in [2.45, 2.75) is 0 Å². The van der Waals surface area contributed by atoms with E-state index in [4.69, 9.17) is 4.98 Å². The van der Waals surface area contributed by atoms with Gasteiger partial charge in [-0.15, -0.1) is 0 Å². The van der Waals surface area contributed by atoms with Gasteiger partial charge in [0.2, 0.25) is 0 Å². The monoisotopic (exact) mass is 578 g/mol. The minimum atomic E-state index is 0.852. The summed E-state index contributed by atoms with van der Waals surface area (Å²) in [5.74, 6) is 0.852. The van der Waals surface area contributed by atoms with Crippen LogP contribution in [-0.2, 0) is 0 Å². The van der Waals surface area contributed by atoms with Crippen molar-refractivity contribution in [3.05, 3.63) is 182 Å². The highest BCUT2D eigenvalue weighted by Gasteiger charge is 2.19. The molecule has 214 valence electrons. The zero-order valence-corrected chi connectivity index (χ0v) is 24.6. The van der Waals surface area contributed by atoms with E-state index in [0.717, 1.165) is 39.9 Å². The van der Waals surface area contributed by atoms with E-state index < -0.39 is 0 Å². The van der Waals surface area contributed by atoms with E-state index in [1.165, 1.54) is 21.8 Å². The Labute approximate surface area is 262 Å². The number of hydrogen-bond acceptors (Lipinski definition) is 3. The second-order valence-electron chi connectivity index (χ2n) is 10.9. The molecule has 2 heterocycles. The first-order chi connectivity index (χ1) is 22.3. The molecule has 0 N–H and O–H groups in total. The largest absolute Gasteiger partial charge is 0.309 e. The van der Waals surface area contributed by atoms with Gasteiger partial charge in [0.05, 0.1) is 22.9 Å². The van der Waals surface area contributed by atoms with Crippen LogP contribution in [0.5, 0.6) is 0 Å². The van der Waals surface area contributed by atoms with Crippen molar-refractivity contribution in [1.82, 2.24) is 9.55 Å². The first-order valence-electron chi connectivity index (χ1n) is 15.2. The molecule has 8 rings (SSSR count). The van der Waals surface area contributed by atoms with Crippen LogP contribution in [0.2, 0.25) is 0 Å². The number of nitrogens with zero attached hydrogens (tertiary/aromatic N) is 4. The molecule has 6 aromatic carbocycles. The van der Waals surface area contributed by atoms with Crippen LogP contribution in [0.25, 0.3) is 27.5 Å². The molecule has 0 spiro atoms. The fourth-order valence-corrected chi connectivity index (χ4v) is 6.19. The Kier molecular flexibility index (Phi) is 6.78. The Balaban J connectivity index is 1.26. The lowest BCUT2D eigenvalue weighted by Gasteiger charge is -2.27. The van der Waals surface area contributed by atoms with Gasteiger partial charge in [-0.2, -0.15) is 0 Å². The maximum Gasteiger partial charge on any atom is 0.137 e. The van der Waals surface area contributed by atoms with E-state index in [-0.39, 0.29) is 0 Å². The molecule has 8 aromatic rings. The number of para-hydroxylation sites is 5. The van der Waals surface area contributed by atoms with Crippen LogP contribution in [0.1, 0.15) is 0 Å². The van der Waals surface area contributed by atoms with Gasteiger partial charge in [0.25, 0.3) is 0 Å². The van der Waals surface area contributed by atoms with E-state index in [9.17, 15) is 0 Å². The van der Waals surface area contributed by atoms with Gasteiger partial charge >= 0.3 is 0 Å². The Bertz CT molecular complexity index is 2150. The Morgan fingerprint density at radius 3 is 1.49 bits per heavy atom. The van der Waals surface area contributed by atoms with Gasteiger partial charge < -0.3 is 9.47 Å². The molecule has 4 nitrogen and oxygen atoms in total. The van der Waals surface area contributed by atoms with E-state index >= 15 is 0 Å². The lowest BCUT2D eigenvalue weighted by molar-refractivity contribution is 1.16. The predicted molar refractivity (Wildman–Crippen MR) is 188 cm³/mol. The molecular weight excluding hydrogens is 548 g/mol. The number of fused-ring (bicyclic) bond motifs is 3. The van der Waals surface area contributed by atoms with Gasteiger partial charge in [0.1, 0.15) is 5.82 Å². The standard InChI is InChI=1S/C41H30N4/c1-5-15-31(16-6-1)43(36-26-28-41(42-30-36)44(32-17-7-2-8-18-32)33-19-9-3-10-20-33)35-25-27-40-38(29-35)37-23-13-14-24-39(37)45(40)34-21-11-4-12-22-34/h1-30H. The van der Waals surface area contributed by atoms with Gasteiger partial charge in [-0.25, -0.2) is 4.98 Å². The van der Waals surface area contributed by atoms with Crippen molar-refractivity contribution >= 4 is 56.1 Å². The number of hydrogen-bond donors (Lipinski definition) is 0. The van der Waals surface area contributed by atoms with Crippen molar-refractivity contribution in [3.63, 3.8) is 0 Å². The highest BCUT2D eigenvalue weighted by molar-refractivity contribution is 6.10. The normalized spacial score (nSPS) is 11.1. The van der Waals surface area contributed by atoms with Gasteiger partial charge in [0, 0.05) is 39.2 Å². The molecular formula is C41H30N4. The second kappa shape index (κ2) is 11.5. The molecule has 0 aliphatic heterocycles. The molecule has 45 heavy (non-hydrogen) atoms. The number of rotatable bonds is 7. The fourth-order valence-electron chi connectivity index (χ4n) is 6.19. The topological polar surface area (TPSA) is 24.3 Å². The quantitative estimate of drug-likeness (QED) is 0.188.